The standard InChI is InChI=1S/C14H22N2O2/c1-9(2)18-13(17)10-6-7-12(11(15)8-10)16-14(3,4)5/h6-9,16H,15H2,1-5H3. The van der Waals surface area contributed by atoms with Crippen LogP contribution in [0.5, 0.6) is 0 Å². The van der Waals surface area contributed by atoms with Crippen molar-refractivity contribution in [2.45, 2.75) is 46.3 Å². The maximum absolute atomic E-state index is 11.7. The van der Waals surface area contributed by atoms with E-state index in [1.807, 2.05) is 34.6 Å². The van der Waals surface area contributed by atoms with E-state index >= 15 is 0 Å². The summed E-state index contributed by atoms with van der Waals surface area (Å²) < 4.78 is 5.12. The van der Waals surface area contributed by atoms with Crippen molar-refractivity contribution in [1.82, 2.24) is 0 Å². The average molecular weight is 250 g/mol. The van der Waals surface area contributed by atoms with Crippen LogP contribution in [0.3, 0.4) is 0 Å². The van der Waals surface area contributed by atoms with Gasteiger partial charge < -0.3 is 15.8 Å². The van der Waals surface area contributed by atoms with E-state index < -0.39 is 0 Å². The summed E-state index contributed by atoms with van der Waals surface area (Å²) in [6.07, 6.45) is -0.133. The van der Waals surface area contributed by atoms with Crippen LogP contribution >= 0.6 is 0 Å². The van der Waals surface area contributed by atoms with Crippen LogP contribution in [-0.2, 0) is 4.74 Å². The number of nitrogen functional groups attached to an aromatic ring is 1. The van der Waals surface area contributed by atoms with Crippen LogP contribution in [0.25, 0.3) is 0 Å². The average Bonchev–Trinajstić information content (AvgIpc) is 2.18. The normalized spacial score (nSPS) is 11.4. The molecule has 0 atom stereocenters. The van der Waals surface area contributed by atoms with Gasteiger partial charge in [0.15, 0.2) is 0 Å². The van der Waals surface area contributed by atoms with Gasteiger partial charge in [-0.15, -0.1) is 0 Å². The Balaban J connectivity index is 2.89. The fourth-order valence-corrected chi connectivity index (χ4v) is 1.49. The Labute approximate surface area is 109 Å². The first-order valence-corrected chi connectivity index (χ1v) is 6.08. The topological polar surface area (TPSA) is 64.3 Å². The molecular formula is C14H22N2O2. The number of hydrogen-bond donors (Lipinski definition) is 2. The zero-order chi connectivity index (χ0) is 13.9. The lowest BCUT2D eigenvalue weighted by atomic mass is 10.1. The first-order chi connectivity index (χ1) is 8.19. The molecule has 0 aromatic heterocycles. The number of benzene rings is 1. The molecule has 0 heterocycles. The van der Waals surface area contributed by atoms with Gasteiger partial charge in [-0.05, 0) is 52.8 Å². The van der Waals surface area contributed by atoms with Crippen molar-refractivity contribution in [3.05, 3.63) is 23.8 Å². The molecule has 0 fully saturated rings. The third-order valence-electron chi connectivity index (χ3n) is 2.14. The number of ether oxygens (including phenoxy) is 1. The highest BCUT2D eigenvalue weighted by Gasteiger charge is 2.14. The van der Waals surface area contributed by atoms with Gasteiger partial charge in [0.2, 0.25) is 0 Å². The maximum Gasteiger partial charge on any atom is 0.338 e. The smallest absolute Gasteiger partial charge is 0.338 e. The van der Waals surface area contributed by atoms with Crippen LogP contribution in [-0.4, -0.2) is 17.6 Å². The number of carbonyl (C=O) groups excluding carboxylic acids is 1. The number of hydrogen-bond acceptors (Lipinski definition) is 4. The maximum atomic E-state index is 11.7. The second-order valence-electron chi connectivity index (χ2n) is 5.63. The largest absolute Gasteiger partial charge is 0.459 e. The van der Waals surface area contributed by atoms with E-state index in [-0.39, 0.29) is 17.6 Å². The van der Waals surface area contributed by atoms with Gasteiger partial charge in [0.05, 0.1) is 23.0 Å². The molecule has 0 unspecified atom stereocenters. The Morgan fingerprint density at radius 1 is 1.33 bits per heavy atom. The molecule has 1 rings (SSSR count). The second kappa shape index (κ2) is 5.29. The lowest BCUT2D eigenvalue weighted by molar-refractivity contribution is 0.0378. The molecule has 0 aliphatic rings. The summed E-state index contributed by atoms with van der Waals surface area (Å²) in [4.78, 5) is 11.7. The van der Waals surface area contributed by atoms with Crippen molar-refractivity contribution in [1.29, 1.82) is 0 Å². The summed E-state index contributed by atoms with van der Waals surface area (Å²) in [5.74, 6) is -0.348. The van der Waals surface area contributed by atoms with Crippen LogP contribution in [0.4, 0.5) is 11.4 Å². The summed E-state index contributed by atoms with van der Waals surface area (Å²) >= 11 is 0. The third-order valence-corrected chi connectivity index (χ3v) is 2.14. The molecule has 0 aliphatic carbocycles. The van der Waals surface area contributed by atoms with Gasteiger partial charge in [-0.25, -0.2) is 4.79 Å². The molecule has 3 N–H and O–H groups in total. The highest BCUT2D eigenvalue weighted by molar-refractivity contribution is 5.92. The van der Waals surface area contributed by atoms with Gasteiger partial charge in [0.25, 0.3) is 0 Å². The molecule has 100 valence electrons. The summed E-state index contributed by atoms with van der Waals surface area (Å²) in [6.45, 7) is 9.78. The van der Waals surface area contributed by atoms with Gasteiger partial charge in [0.1, 0.15) is 0 Å². The molecule has 0 spiro atoms. The zero-order valence-electron chi connectivity index (χ0n) is 11.7. The van der Waals surface area contributed by atoms with Gasteiger partial charge in [-0.2, -0.15) is 0 Å². The lowest BCUT2D eigenvalue weighted by Gasteiger charge is -2.23. The molecule has 4 nitrogen and oxygen atoms in total. The van der Waals surface area contributed by atoms with Crippen molar-refractivity contribution < 1.29 is 9.53 Å². The summed E-state index contributed by atoms with van der Waals surface area (Å²) in [7, 11) is 0. The van der Waals surface area contributed by atoms with E-state index in [9.17, 15) is 4.79 Å². The van der Waals surface area contributed by atoms with Gasteiger partial charge in [-0.1, -0.05) is 0 Å². The van der Waals surface area contributed by atoms with E-state index in [1.165, 1.54) is 0 Å². The van der Waals surface area contributed by atoms with E-state index in [2.05, 4.69) is 5.32 Å². The van der Waals surface area contributed by atoms with Crippen molar-refractivity contribution >= 4 is 17.3 Å². The van der Waals surface area contributed by atoms with Crippen molar-refractivity contribution in [2.24, 2.45) is 0 Å². The number of rotatable bonds is 3. The SMILES string of the molecule is CC(C)OC(=O)c1ccc(NC(C)(C)C)c(N)c1. The molecule has 0 saturated heterocycles. The van der Waals surface area contributed by atoms with E-state index in [0.717, 1.165) is 5.69 Å². The first-order valence-electron chi connectivity index (χ1n) is 6.08. The minimum Gasteiger partial charge on any atom is -0.459 e. The fraction of sp³-hybridized carbons (Fsp3) is 0.500. The Kier molecular flexibility index (Phi) is 4.22. The number of nitrogens with two attached hydrogens (primary N) is 1. The van der Waals surface area contributed by atoms with E-state index in [1.54, 1.807) is 18.2 Å². The Bertz CT molecular complexity index is 434. The molecule has 4 heteroatoms. The van der Waals surface area contributed by atoms with Gasteiger partial charge >= 0.3 is 5.97 Å². The summed E-state index contributed by atoms with van der Waals surface area (Å²) in [5.41, 5.74) is 7.69. The number of nitrogens with one attached hydrogen (secondary N) is 1. The lowest BCUT2D eigenvalue weighted by Crippen LogP contribution is -2.26. The zero-order valence-corrected chi connectivity index (χ0v) is 11.7. The highest BCUT2D eigenvalue weighted by Crippen LogP contribution is 2.23. The monoisotopic (exact) mass is 250 g/mol. The van der Waals surface area contributed by atoms with Crippen molar-refractivity contribution in [3.63, 3.8) is 0 Å². The second-order valence-corrected chi connectivity index (χ2v) is 5.63. The molecule has 1 aromatic carbocycles. The summed E-state index contributed by atoms with van der Waals surface area (Å²) in [6, 6.07) is 5.16. The van der Waals surface area contributed by atoms with Crippen molar-refractivity contribution in [3.8, 4) is 0 Å². The molecule has 1 aromatic rings. The molecule has 0 saturated carbocycles. The minimum absolute atomic E-state index is 0.0753. The molecule has 0 aliphatic heterocycles. The Morgan fingerprint density at radius 2 is 1.94 bits per heavy atom. The third kappa shape index (κ3) is 4.28. The number of carbonyl (C=O) groups is 1. The molecule has 0 bridgehead atoms. The summed E-state index contributed by atoms with van der Waals surface area (Å²) in [5, 5.41) is 3.28. The molecule has 0 radical (unpaired) electrons. The van der Waals surface area contributed by atoms with E-state index in [0.29, 0.717) is 11.3 Å². The first kappa shape index (κ1) is 14.4. The van der Waals surface area contributed by atoms with Crippen molar-refractivity contribution in [2.75, 3.05) is 11.1 Å². The van der Waals surface area contributed by atoms with Crippen LogP contribution in [0.1, 0.15) is 45.0 Å². The predicted octanol–water partition coefficient (Wildman–Crippen LogP) is 3.04. The van der Waals surface area contributed by atoms with Crippen LogP contribution in [0.2, 0.25) is 0 Å². The number of esters is 1. The number of anilines is 2. The van der Waals surface area contributed by atoms with Crippen LogP contribution in [0, 0.1) is 0 Å². The fourth-order valence-electron chi connectivity index (χ4n) is 1.49. The van der Waals surface area contributed by atoms with Gasteiger partial charge in [0, 0.05) is 5.54 Å². The Morgan fingerprint density at radius 3 is 2.39 bits per heavy atom. The minimum atomic E-state index is -0.348. The quantitative estimate of drug-likeness (QED) is 0.639. The van der Waals surface area contributed by atoms with Gasteiger partial charge in [-0.3, -0.25) is 0 Å². The van der Waals surface area contributed by atoms with E-state index in [4.69, 9.17) is 10.5 Å². The van der Waals surface area contributed by atoms with Crippen LogP contribution in [0.15, 0.2) is 18.2 Å². The highest BCUT2D eigenvalue weighted by atomic mass is 16.5. The molecule has 0 amide bonds. The molecular weight excluding hydrogens is 228 g/mol. The Hall–Kier alpha value is -1.71. The van der Waals surface area contributed by atoms with Crippen LogP contribution < -0.4 is 11.1 Å². The predicted molar refractivity (Wildman–Crippen MR) is 74.8 cm³/mol. The molecule has 18 heavy (non-hydrogen) atoms.